The predicted octanol–water partition coefficient (Wildman–Crippen LogP) is 20.8. The topological polar surface area (TPSA) is 95.9 Å². The van der Waals surface area contributed by atoms with Gasteiger partial charge >= 0.3 is 5.97 Å². The van der Waals surface area contributed by atoms with Gasteiger partial charge < -0.3 is 20.3 Å². The van der Waals surface area contributed by atoms with Crippen LogP contribution in [0.2, 0.25) is 0 Å². The van der Waals surface area contributed by atoms with Gasteiger partial charge in [0, 0.05) is 12.8 Å². The molecule has 0 aliphatic rings. The summed E-state index contributed by atoms with van der Waals surface area (Å²) in [5.74, 6) is -0.0662. The number of allylic oxidation sites excluding steroid dienone is 6. The minimum absolute atomic E-state index is 0.0182. The lowest BCUT2D eigenvalue weighted by molar-refractivity contribution is -0.143. The van der Waals surface area contributed by atoms with E-state index < -0.39 is 12.1 Å². The van der Waals surface area contributed by atoms with E-state index in [0.29, 0.717) is 25.9 Å². The highest BCUT2D eigenvalue weighted by Gasteiger charge is 2.20. The van der Waals surface area contributed by atoms with Crippen molar-refractivity contribution in [2.24, 2.45) is 0 Å². The molecule has 0 rings (SSSR count). The van der Waals surface area contributed by atoms with E-state index in [9.17, 15) is 19.8 Å². The summed E-state index contributed by atoms with van der Waals surface area (Å²) in [5, 5.41) is 23.4. The highest BCUT2D eigenvalue weighted by molar-refractivity contribution is 5.76. The average molecular weight is 1030 g/mol. The van der Waals surface area contributed by atoms with Crippen molar-refractivity contribution in [3.63, 3.8) is 0 Å². The first-order valence-electron chi connectivity index (χ1n) is 32.7. The van der Waals surface area contributed by atoms with Crippen LogP contribution in [0.5, 0.6) is 0 Å². The monoisotopic (exact) mass is 1030 g/mol. The molecule has 0 aromatic carbocycles. The molecule has 3 N–H and O–H groups in total. The average Bonchev–Trinajstić information content (AvgIpc) is 3.39. The first kappa shape index (κ1) is 71.1. The molecule has 2 unspecified atom stereocenters. The van der Waals surface area contributed by atoms with E-state index in [1.54, 1.807) is 0 Å². The molecule has 6 nitrogen and oxygen atoms in total. The number of hydrogen-bond acceptors (Lipinski definition) is 5. The molecule has 0 aliphatic heterocycles. The van der Waals surface area contributed by atoms with Crippen LogP contribution in [-0.2, 0) is 14.3 Å². The van der Waals surface area contributed by atoms with Crippen LogP contribution in [0, 0.1) is 0 Å². The molecule has 0 radical (unpaired) electrons. The molecule has 73 heavy (non-hydrogen) atoms. The van der Waals surface area contributed by atoms with E-state index in [1.807, 2.05) is 0 Å². The highest BCUT2D eigenvalue weighted by atomic mass is 16.5. The number of amides is 1. The second-order valence-electron chi connectivity index (χ2n) is 22.4. The Kier molecular flexibility index (Phi) is 61.0. The van der Waals surface area contributed by atoms with Crippen LogP contribution < -0.4 is 5.32 Å². The lowest BCUT2D eigenvalue weighted by atomic mass is 10.0. The number of esters is 1. The Morgan fingerprint density at radius 1 is 0.384 bits per heavy atom. The number of hydrogen-bond donors (Lipinski definition) is 3. The normalized spacial score (nSPS) is 12.8. The smallest absolute Gasteiger partial charge is 0.305 e. The first-order valence-corrected chi connectivity index (χ1v) is 32.7. The maximum Gasteiger partial charge on any atom is 0.305 e. The van der Waals surface area contributed by atoms with E-state index in [4.69, 9.17) is 4.74 Å². The number of carbonyl (C=O) groups is 2. The summed E-state index contributed by atoms with van der Waals surface area (Å²) < 4.78 is 5.47. The van der Waals surface area contributed by atoms with Crippen molar-refractivity contribution in [2.75, 3.05) is 13.2 Å². The number of nitrogens with one attached hydrogen (secondary N) is 1. The van der Waals surface area contributed by atoms with Crippen LogP contribution in [0.3, 0.4) is 0 Å². The quantitative estimate of drug-likeness (QED) is 0.0320. The van der Waals surface area contributed by atoms with Gasteiger partial charge in [0.25, 0.3) is 0 Å². The third-order valence-electron chi connectivity index (χ3n) is 15.2. The molecule has 0 aromatic heterocycles. The molecule has 2 atom stereocenters. The summed E-state index contributed by atoms with van der Waals surface area (Å²) in [4.78, 5) is 24.6. The second-order valence-corrected chi connectivity index (χ2v) is 22.4. The highest BCUT2D eigenvalue weighted by Crippen LogP contribution is 2.18. The Labute approximate surface area is 455 Å². The third kappa shape index (κ3) is 59.2. The van der Waals surface area contributed by atoms with Crippen LogP contribution in [0.25, 0.3) is 0 Å². The van der Waals surface area contributed by atoms with Crippen LogP contribution in [0.4, 0.5) is 0 Å². The first-order chi connectivity index (χ1) is 36.0. The summed E-state index contributed by atoms with van der Waals surface area (Å²) in [6, 6.07) is -0.555. The van der Waals surface area contributed by atoms with Crippen LogP contribution in [0.1, 0.15) is 354 Å². The van der Waals surface area contributed by atoms with Crippen molar-refractivity contribution >= 4 is 11.9 Å². The zero-order valence-corrected chi connectivity index (χ0v) is 49.1. The minimum Gasteiger partial charge on any atom is -0.466 e. The number of carbonyl (C=O) groups excluding carboxylic acids is 2. The molecule has 0 aliphatic carbocycles. The Bertz CT molecular complexity index is 1180. The van der Waals surface area contributed by atoms with E-state index in [1.165, 1.54) is 238 Å². The van der Waals surface area contributed by atoms with Crippen molar-refractivity contribution in [2.45, 2.75) is 366 Å². The molecule has 430 valence electrons. The summed E-state index contributed by atoms with van der Waals surface area (Å²) in [6.07, 6.45) is 78.7. The lowest BCUT2D eigenvalue weighted by Crippen LogP contribution is -2.45. The molecule has 1 amide bonds. The zero-order chi connectivity index (χ0) is 52.9. The SMILES string of the molecule is CCCCCCCC/C=C\CCCCCCCCCC(=O)OCCCCC/C=C\C/C=C\CCCCCCCCCC(=O)NC(CO)C(O)CCCCCCCCCCCCCCCCCCCCCCCC. The lowest BCUT2D eigenvalue weighted by Gasteiger charge is -2.22. The van der Waals surface area contributed by atoms with Gasteiger partial charge in [-0.25, -0.2) is 0 Å². The minimum atomic E-state index is -0.677. The summed E-state index contributed by atoms with van der Waals surface area (Å²) in [6.45, 7) is 4.93. The fraction of sp³-hybridized carbons (Fsp3) is 0.881. The van der Waals surface area contributed by atoms with Gasteiger partial charge in [-0.05, 0) is 89.9 Å². The van der Waals surface area contributed by atoms with Gasteiger partial charge in [0.2, 0.25) is 5.91 Å². The van der Waals surface area contributed by atoms with Gasteiger partial charge in [0.1, 0.15) is 0 Å². The van der Waals surface area contributed by atoms with Crippen LogP contribution in [0.15, 0.2) is 36.5 Å². The molecular weight excluding hydrogens is 899 g/mol. The van der Waals surface area contributed by atoms with E-state index >= 15 is 0 Å². The molecule has 0 spiro atoms. The van der Waals surface area contributed by atoms with E-state index in [-0.39, 0.29) is 18.5 Å². The van der Waals surface area contributed by atoms with Gasteiger partial charge in [-0.1, -0.05) is 288 Å². The maximum atomic E-state index is 12.5. The van der Waals surface area contributed by atoms with Crippen molar-refractivity contribution < 1.29 is 24.5 Å². The van der Waals surface area contributed by atoms with Crippen molar-refractivity contribution in [3.8, 4) is 0 Å². The summed E-state index contributed by atoms with van der Waals surface area (Å²) in [7, 11) is 0. The maximum absolute atomic E-state index is 12.5. The van der Waals surface area contributed by atoms with Crippen LogP contribution in [-0.4, -0.2) is 47.4 Å². The van der Waals surface area contributed by atoms with Gasteiger partial charge in [-0.3, -0.25) is 9.59 Å². The molecule has 0 aromatic rings. The third-order valence-corrected chi connectivity index (χ3v) is 15.2. The molecule has 0 heterocycles. The summed E-state index contributed by atoms with van der Waals surface area (Å²) in [5.41, 5.74) is 0. The Morgan fingerprint density at radius 3 is 1.05 bits per heavy atom. The molecular formula is C67H127NO5. The molecule has 0 saturated heterocycles. The van der Waals surface area contributed by atoms with Crippen molar-refractivity contribution in [1.82, 2.24) is 5.32 Å². The molecule has 6 heteroatoms. The van der Waals surface area contributed by atoms with Crippen LogP contribution >= 0.6 is 0 Å². The summed E-state index contributed by atoms with van der Waals surface area (Å²) >= 11 is 0. The molecule has 0 bridgehead atoms. The van der Waals surface area contributed by atoms with E-state index in [0.717, 1.165) is 83.5 Å². The molecule has 0 fully saturated rings. The number of aliphatic hydroxyl groups is 2. The number of aliphatic hydroxyl groups excluding tert-OH is 2. The second kappa shape index (κ2) is 62.6. The largest absolute Gasteiger partial charge is 0.466 e. The fourth-order valence-corrected chi connectivity index (χ4v) is 10.1. The number of rotatable bonds is 61. The standard InChI is InChI=1S/C67H127NO5/c1-3-5-7-9-11-13-15-17-19-21-22-23-24-25-28-31-35-39-43-47-51-55-59-65(70)64(63-69)68-66(71)60-56-52-48-44-40-36-32-29-26-30-34-38-42-46-50-54-58-62-73-67(72)61-57-53-49-45-41-37-33-27-20-18-16-14-12-10-8-6-4-2/h18,20,26,30,38,42,64-65,69-70H,3-17,19,21-25,27-29,31-37,39-41,43-63H2,1-2H3,(H,68,71)/b20-18-,30-26-,42-38-. The van der Waals surface area contributed by atoms with Crippen molar-refractivity contribution in [1.29, 1.82) is 0 Å². The van der Waals surface area contributed by atoms with Gasteiger partial charge in [-0.2, -0.15) is 0 Å². The zero-order valence-electron chi connectivity index (χ0n) is 49.1. The van der Waals surface area contributed by atoms with E-state index in [2.05, 4.69) is 55.6 Å². The Hall–Kier alpha value is -1.92. The predicted molar refractivity (Wildman–Crippen MR) is 319 cm³/mol. The van der Waals surface area contributed by atoms with Gasteiger partial charge in [0.15, 0.2) is 0 Å². The van der Waals surface area contributed by atoms with Gasteiger partial charge in [-0.15, -0.1) is 0 Å². The fourth-order valence-electron chi connectivity index (χ4n) is 10.1. The number of unbranched alkanes of at least 4 members (excludes halogenated alkanes) is 44. The Balaban J connectivity index is 3.48. The Morgan fingerprint density at radius 2 is 0.685 bits per heavy atom. The van der Waals surface area contributed by atoms with Gasteiger partial charge in [0.05, 0.1) is 25.4 Å². The molecule has 0 saturated carbocycles. The van der Waals surface area contributed by atoms with Crippen molar-refractivity contribution in [3.05, 3.63) is 36.5 Å². The number of ether oxygens (including phenoxy) is 1.